The second kappa shape index (κ2) is 9.47. The van der Waals surface area contributed by atoms with Crippen LogP contribution in [-0.2, 0) is 14.3 Å². The normalized spacial score (nSPS) is 11.4. The van der Waals surface area contributed by atoms with Crippen LogP contribution >= 0.6 is 0 Å². The second-order valence-corrected chi connectivity index (χ2v) is 5.75. The first kappa shape index (κ1) is 18.5. The Labute approximate surface area is 148 Å². The lowest BCUT2D eigenvalue weighted by Gasteiger charge is -2.18. The number of benzene rings is 2. The highest BCUT2D eigenvalue weighted by Crippen LogP contribution is 2.18. The molecule has 2 rings (SSSR count). The maximum atomic E-state index is 12.1. The molecule has 0 aliphatic heterocycles. The quantitative estimate of drug-likeness (QED) is 0.592. The van der Waals surface area contributed by atoms with Crippen molar-refractivity contribution in [2.24, 2.45) is 0 Å². The Kier molecular flexibility index (Phi) is 7.01. The lowest BCUT2D eigenvalue weighted by atomic mass is 10.0. The van der Waals surface area contributed by atoms with Crippen LogP contribution in [0.4, 0.5) is 0 Å². The van der Waals surface area contributed by atoms with Crippen LogP contribution in [0.15, 0.2) is 54.6 Å². The summed E-state index contributed by atoms with van der Waals surface area (Å²) in [6, 6.07) is 16.6. The van der Waals surface area contributed by atoms with E-state index in [-0.39, 0.29) is 31.5 Å². The van der Waals surface area contributed by atoms with Crippen LogP contribution in [0, 0.1) is 6.92 Å². The van der Waals surface area contributed by atoms with Gasteiger partial charge in [0.1, 0.15) is 19.0 Å². The third-order valence-corrected chi connectivity index (χ3v) is 3.59. The van der Waals surface area contributed by atoms with E-state index in [1.165, 1.54) is 6.92 Å². The van der Waals surface area contributed by atoms with Crippen molar-refractivity contribution in [3.63, 3.8) is 0 Å². The van der Waals surface area contributed by atoms with E-state index in [0.717, 1.165) is 16.9 Å². The summed E-state index contributed by atoms with van der Waals surface area (Å²) < 4.78 is 10.7. The van der Waals surface area contributed by atoms with Gasteiger partial charge in [0.25, 0.3) is 0 Å². The summed E-state index contributed by atoms with van der Waals surface area (Å²) in [6.45, 7) is 3.86. The molecule has 2 aromatic carbocycles. The minimum atomic E-state index is -0.402. The number of ether oxygens (including phenoxy) is 2. The number of esters is 1. The third-order valence-electron chi connectivity index (χ3n) is 3.59. The summed E-state index contributed by atoms with van der Waals surface area (Å²) in [4.78, 5) is 23.5. The van der Waals surface area contributed by atoms with Gasteiger partial charge in [-0.15, -0.1) is 0 Å². The summed E-state index contributed by atoms with van der Waals surface area (Å²) in [5.74, 6) is 0.163. The van der Waals surface area contributed by atoms with Crippen LogP contribution in [-0.4, -0.2) is 25.1 Å². The SMILES string of the molecule is CC(=O)NC(CC(=O)OCCOc1ccccc1)c1ccc(C)cc1. The molecular weight excluding hydrogens is 318 g/mol. The van der Waals surface area contributed by atoms with Gasteiger partial charge in [-0.1, -0.05) is 48.0 Å². The van der Waals surface area contributed by atoms with Crippen LogP contribution in [0.3, 0.4) is 0 Å². The van der Waals surface area contributed by atoms with E-state index in [1.807, 2.05) is 61.5 Å². The number of hydrogen-bond donors (Lipinski definition) is 1. The predicted octanol–water partition coefficient (Wildman–Crippen LogP) is 3.18. The molecule has 1 amide bonds. The van der Waals surface area contributed by atoms with Crippen molar-refractivity contribution in [2.45, 2.75) is 26.3 Å². The van der Waals surface area contributed by atoms with Gasteiger partial charge in [0.15, 0.2) is 0 Å². The van der Waals surface area contributed by atoms with Gasteiger partial charge >= 0.3 is 5.97 Å². The fourth-order valence-corrected chi connectivity index (χ4v) is 2.35. The summed E-state index contributed by atoms with van der Waals surface area (Å²) in [6.07, 6.45) is 0.0774. The fourth-order valence-electron chi connectivity index (χ4n) is 2.35. The minimum absolute atomic E-state index is 0.0774. The van der Waals surface area contributed by atoms with E-state index >= 15 is 0 Å². The maximum Gasteiger partial charge on any atom is 0.308 e. The average Bonchev–Trinajstić information content (AvgIpc) is 2.59. The number of rotatable bonds is 8. The molecule has 0 radical (unpaired) electrons. The van der Waals surface area contributed by atoms with Crippen molar-refractivity contribution in [3.8, 4) is 5.75 Å². The molecule has 0 saturated heterocycles. The highest BCUT2D eigenvalue weighted by molar-refractivity contribution is 5.76. The Hall–Kier alpha value is -2.82. The highest BCUT2D eigenvalue weighted by atomic mass is 16.6. The Balaban J connectivity index is 1.82. The van der Waals surface area contributed by atoms with Crippen LogP contribution in [0.1, 0.15) is 30.5 Å². The monoisotopic (exact) mass is 341 g/mol. The first-order chi connectivity index (χ1) is 12.0. The van der Waals surface area contributed by atoms with Gasteiger partial charge in [0.05, 0.1) is 12.5 Å². The molecule has 0 bridgehead atoms. The Bertz CT molecular complexity index is 683. The molecule has 0 aromatic heterocycles. The van der Waals surface area contributed by atoms with Crippen LogP contribution in [0.5, 0.6) is 5.75 Å². The highest BCUT2D eigenvalue weighted by Gasteiger charge is 2.18. The average molecular weight is 341 g/mol. The molecule has 1 unspecified atom stereocenters. The van der Waals surface area contributed by atoms with Crippen molar-refractivity contribution in [3.05, 3.63) is 65.7 Å². The summed E-state index contributed by atoms with van der Waals surface area (Å²) in [5.41, 5.74) is 1.99. The van der Waals surface area contributed by atoms with Crippen LogP contribution in [0.25, 0.3) is 0 Å². The second-order valence-electron chi connectivity index (χ2n) is 5.75. The fraction of sp³-hybridized carbons (Fsp3) is 0.300. The Morgan fingerprint density at radius 3 is 2.32 bits per heavy atom. The number of carbonyl (C=O) groups is 2. The molecule has 5 heteroatoms. The van der Waals surface area contributed by atoms with E-state index in [0.29, 0.717) is 0 Å². The summed E-state index contributed by atoms with van der Waals surface area (Å²) in [7, 11) is 0. The van der Waals surface area contributed by atoms with Crippen LogP contribution in [0.2, 0.25) is 0 Å². The van der Waals surface area contributed by atoms with Gasteiger partial charge < -0.3 is 14.8 Å². The summed E-state index contributed by atoms with van der Waals surface area (Å²) in [5, 5.41) is 2.79. The van der Waals surface area contributed by atoms with Crippen molar-refractivity contribution < 1.29 is 19.1 Å². The largest absolute Gasteiger partial charge is 0.490 e. The lowest BCUT2D eigenvalue weighted by molar-refractivity contribution is -0.145. The van der Waals surface area contributed by atoms with Gasteiger partial charge in [-0.25, -0.2) is 0 Å². The molecule has 1 N–H and O–H groups in total. The number of nitrogens with one attached hydrogen (secondary N) is 1. The smallest absolute Gasteiger partial charge is 0.308 e. The maximum absolute atomic E-state index is 12.1. The van der Waals surface area contributed by atoms with Crippen LogP contribution < -0.4 is 10.1 Å². The van der Waals surface area contributed by atoms with E-state index in [9.17, 15) is 9.59 Å². The van der Waals surface area contributed by atoms with E-state index < -0.39 is 6.04 Å². The molecule has 0 aliphatic rings. The predicted molar refractivity (Wildman–Crippen MR) is 95.2 cm³/mol. The third kappa shape index (κ3) is 6.67. The minimum Gasteiger partial charge on any atom is -0.490 e. The Morgan fingerprint density at radius 2 is 1.68 bits per heavy atom. The zero-order valence-corrected chi connectivity index (χ0v) is 14.5. The zero-order valence-electron chi connectivity index (χ0n) is 14.5. The molecule has 0 fully saturated rings. The molecule has 1 atom stereocenters. The van der Waals surface area contributed by atoms with Gasteiger partial charge in [0, 0.05) is 6.92 Å². The molecule has 0 heterocycles. The molecule has 25 heavy (non-hydrogen) atoms. The van der Waals surface area contributed by atoms with Gasteiger partial charge in [-0.2, -0.15) is 0 Å². The van der Waals surface area contributed by atoms with Gasteiger partial charge in [-0.3, -0.25) is 9.59 Å². The Morgan fingerprint density at radius 1 is 1.00 bits per heavy atom. The molecule has 132 valence electrons. The molecule has 5 nitrogen and oxygen atoms in total. The first-order valence-corrected chi connectivity index (χ1v) is 8.22. The van der Waals surface area contributed by atoms with E-state index in [2.05, 4.69) is 5.32 Å². The topological polar surface area (TPSA) is 64.6 Å². The molecule has 0 aliphatic carbocycles. The van der Waals surface area contributed by atoms with Crippen molar-refractivity contribution in [1.82, 2.24) is 5.32 Å². The zero-order chi connectivity index (χ0) is 18.1. The number of aryl methyl sites for hydroxylation is 1. The number of para-hydroxylation sites is 1. The summed E-state index contributed by atoms with van der Waals surface area (Å²) >= 11 is 0. The molecule has 2 aromatic rings. The molecular formula is C20H23NO4. The first-order valence-electron chi connectivity index (χ1n) is 8.22. The van der Waals surface area contributed by atoms with Crippen molar-refractivity contribution >= 4 is 11.9 Å². The standard InChI is InChI=1S/C20H23NO4/c1-15-8-10-17(11-9-15)19(21-16(2)22)14-20(23)25-13-12-24-18-6-4-3-5-7-18/h3-11,19H,12-14H2,1-2H3,(H,21,22). The van der Waals surface area contributed by atoms with Crippen molar-refractivity contribution in [2.75, 3.05) is 13.2 Å². The number of carbonyl (C=O) groups excluding carboxylic acids is 2. The van der Waals surface area contributed by atoms with Gasteiger partial charge in [-0.05, 0) is 24.6 Å². The van der Waals surface area contributed by atoms with E-state index in [4.69, 9.17) is 9.47 Å². The number of amides is 1. The molecule has 0 saturated carbocycles. The van der Waals surface area contributed by atoms with Gasteiger partial charge in [0.2, 0.25) is 5.91 Å². The number of hydrogen-bond acceptors (Lipinski definition) is 4. The van der Waals surface area contributed by atoms with Crippen molar-refractivity contribution in [1.29, 1.82) is 0 Å². The lowest BCUT2D eigenvalue weighted by Crippen LogP contribution is -2.29. The molecule has 0 spiro atoms. The van der Waals surface area contributed by atoms with E-state index in [1.54, 1.807) is 0 Å².